The highest BCUT2D eigenvalue weighted by Crippen LogP contribution is 2.61. The topological polar surface area (TPSA) is 20.2 Å². The number of hydrogen-bond donors (Lipinski definition) is 1. The highest BCUT2D eigenvalue weighted by molar-refractivity contribution is 5.36. The molecule has 12 heavy (non-hydrogen) atoms. The lowest BCUT2D eigenvalue weighted by atomic mass is 9.90. The van der Waals surface area contributed by atoms with Crippen LogP contribution in [-0.4, -0.2) is 11.7 Å². The Bertz CT molecular complexity index is 255. The fourth-order valence-corrected chi connectivity index (χ4v) is 2.24. The minimum atomic E-state index is 0.280. The summed E-state index contributed by atoms with van der Waals surface area (Å²) in [6, 6.07) is 0. The molecule has 0 aliphatic heterocycles. The Balaban J connectivity index is 1.83. The van der Waals surface area contributed by atoms with Crippen LogP contribution in [0.4, 0.5) is 0 Å². The molecule has 2 saturated carbocycles. The van der Waals surface area contributed by atoms with Crippen LogP contribution in [-0.2, 0) is 0 Å². The molecule has 1 unspecified atom stereocenters. The minimum absolute atomic E-state index is 0.280. The van der Waals surface area contributed by atoms with Crippen molar-refractivity contribution in [3.63, 3.8) is 0 Å². The van der Waals surface area contributed by atoms with E-state index in [4.69, 9.17) is 5.11 Å². The van der Waals surface area contributed by atoms with Gasteiger partial charge < -0.3 is 5.11 Å². The van der Waals surface area contributed by atoms with Crippen molar-refractivity contribution in [1.82, 2.24) is 0 Å². The van der Waals surface area contributed by atoms with Gasteiger partial charge in [-0.25, -0.2) is 0 Å². The number of rotatable bonds is 1. The summed E-state index contributed by atoms with van der Waals surface area (Å²) in [5.74, 6) is 0.515. The summed E-state index contributed by atoms with van der Waals surface area (Å²) in [6.07, 6.45) is 13.2. The van der Waals surface area contributed by atoms with Crippen LogP contribution in [0, 0.1) is 16.7 Å². The molecule has 3 aliphatic carbocycles. The Labute approximate surface area is 72.8 Å². The smallest absolute Gasteiger partial charge is 0.0471 e. The average molecular weight is 162 g/mol. The predicted molar refractivity (Wildman–Crippen MR) is 47.6 cm³/mol. The zero-order valence-electron chi connectivity index (χ0n) is 7.16. The van der Waals surface area contributed by atoms with E-state index in [1.54, 1.807) is 0 Å². The maximum Gasteiger partial charge on any atom is 0.0471 e. The van der Waals surface area contributed by atoms with Gasteiger partial charge in [0.2, 0.25) is 0 Å². The van der Waals surface area contributed by atoms with E-state index in [1.807, 2.05) is 0 Å². The second-order valence-electron chi connectivity index (χ2n) is 4.60. The summed E-state index contributed by atoms with van der Waals surface area (Å²) in [5, 5.41) is 9.00. The van der Waals surface area contributed by atoms with Crippen molar-refractivity contribution in [3.8, 4) is 0 Å². The van der Waals surface area contributed by atoms with Gasteiger partial charge in [-0.2, -0.15) is 0 Å². The second kappa shape index (κ2) is 1.85. The molecule has 0 radical (unpaired) electrons. The molecule has 2 spiro atoms. The summed E-state index contributed by atoms with van der Waals surface area (Å²) in [5.41, 5.74) is 0.746. The van der Waals surface area contributed by atoms with Crippen LogP contribution in [0.3, 0.4) is 0 Å². The molecule has 1 heteroatoms. The first-order chi connectivity index (χ1) is 5.79. The van der Waals surface area contributed by atoms with Gasteiger partial charge >= 0.3 is 0 Å². The molecule has 0 aromatic heterocycles. The third-order valence-electron chi connectivity index (χ3n) is 3.70. The maximum atomic E-state index is 9.00. The SMILES string of the molecule is OCC1CC12C=CC1(C=C2)CC1. The quantitative estimate of drug-likeness (QED) is 0.584. The van der Waals surface area contributed by atoms with Gasteiger partial charge in [0.25, 0.3) is 0 Å². The van der Waals surface area contributed by atoms with Crippen molar-refractivity contribution in [2.75, 3.05) is 6.61 Å². The molecule has 1 atom stereocenters. The van der Waals surface area contributed by atoms with Gasteiger partial charge in [0.05, 0.1) is 0 Å². The third kappa shape index (κ3) is 0.776. The number of aliphatic hydroxyl groups excluding tert-OH is 1. The summed E-state index contributed by atoms with van der Waals surface area (Å²) in [7, 11) is 0. The Morgan fingerprint density at radius 2 is 1.83 bits per heavy atom. The van der Waals surface area contributed by atoms with Crippen molar-refractivity contribution in [3.05, 3.63) is 24.3 Å². The molecule has 0 saturated heterocycles. The third-order valence-corrected chi connectivity index (χ3v) is 3.70. The zero-order valence-corrected chi connectivity index (χ0v) is 7.16. The molecule has 0 aromatic carbocycles. The van der Waals surface area contributed by atoms with Crippen molar-refractivity contribution >= 4 is 0 Å². The summed E-state index contributed by atoms with van der Waals surface area (Å²) >= 11 is 0. The molecule has 2 fully saturated rings. The zero-order chi connectivity index (χ0) is 8.23. The monoisotopic (exact) mass is 162 g/mol. The van der Waals surface area contributed by atoms with Gasteiger partial charge in [0.1, 0.15) is 0 Å². The van der Waals surface area contributed by atoms with Crippen molar-refractivity contribution in [2.24, 2.45) is 16.7 Å². The van der Waals surface area contributed by atoms with Crippen molar-refractivity contribution in [1.29, 1.82) is 0 Å². The highest BCUT2D eigenvalue weighted by atomic mass is 16.3. The van der Waals surface area contributed by atoms with Crippen LogP contribution in [0.5, 0.6) is 0 Å². The molecule has 0 bridgehead atoms. The Hall–Kier alpha value is -0.560. The summed E-state index contributed by atoms with van der Waals surface area (Å²) in [6.45, 7) is 0.349. The maximum absolute atomic E-state index is 9.00. The van der Waals surface area contributed by atoms with E-state index in [0.29, 0.717) is 17.9 Å². The standard InChI is InChI=1S/C11H14O/c12-8-9-7-11(9)5-3-10(1-2-10)4-6-11/h3-6,9,12H,1-2,7-8H2. The molecular formula is C11H14O. The summed E-state index contributed by atoms with van der Waals surface area (Å²) in [4.78, 5) is 0. The normalized spacial score (nSPS) is 37.6. The Morgan fingerprint density at radius 1 is 1.17 bits per heavy atom. The minimum Gasteiger partial charge on any atom is -0.396 e. The molecule has 0 amide bonds. The van der Waals surface area contributed by atoms with E-state index in [-0.39, 0.29) is 5.41 Å². The van der Waals surface area contributed by atoms with Gasteiger partial charge in [-0.3, -0.25) is 0 Å². The molecule has 0 heterocycles. The molecule has 3 aliphatic rings. The Kier molecular flexibility index (Phi) is 1.06. The average Bonchev–Trinajstić information content (AvgIpc) is 2.94. The molecule has 64 valence electrons. The van der Waals surface area contributed by atoms with Crippen molar-refractivity contribution in [2.45, 2.75) is 19.3 Å². The lowest BCUT2D eigenvalue weighted by molar-refractivity contribution is 0.265. The van der Waals surface area contributed by atoms with Crippen LogP contribution in [0.1, 0.15) is 19.3 Å². The second-order valence-corrected chi connectivity index (χ2v) is 4.60. The van der Waals surface area contributed by atoms with Gasteiger partial charge in [-0.15, -0.1) is 0 Å². The van der Waals surface area contributed by atoms with Gasteiger partial charge in [0, 0.05) is 17.4 Å². The summed E-state index contributed by atoms with van der Waals surface area (Å²) < 4.78 is 0. The van der Waals surface area contributed by atoms with Crippen LogP contribution < -0.4 is 0 Å². The van der Waals surface area contributed by atoms with Gasteiger partial charge in [-0.05, 0) is 25.2 Å². The first-order valence-corrected chi connectivity index (χ1v) is 4.80. The largest absolute Gasteiger partial charge is 0.396 e. The predicted octanol–water partition coefficient (Wildman–Crippen LogP) is 1.89. The first kappa shape index (κ1) is 6.90. The van der Waals surface area contributed by atoms with E-state index in [1.165, 1.54) is 12.8 Å². The van der Waals surface area contributed by atoms with E-state index >= 15 is 0 Å². The van der Waals surface area contributed by atoms with E-state index < -0.39 is 0 Å². The van der Waals surface area contributed by atoms with Gasteiger partial charge in [0.15, 0.2) is 0 Å². The van der Waals surface area contributed by atoms with Crippen molar-refractivity contribution < 1.29 is 5.11 Å². The molecule has 3 rings (SSSR count). The molecule has 1 nitrogen and oxygen atoms in total. The molecular weight excluding hydrogens is 148 g/mol. The van der Waals surface area contributed by atoms with Gasteiger partial charge in [-0.1, -0.05) is 24.3 Å². The molecule has 0 aromatic rings. The molecule has 1 N–H and O–H groups in total. The first-order valence-electron chi connectivity index (χ1n) is 4.80. The fourth-order valence-electron chi connectivity index (χ4n) is 2.24. The lowest BCUT2D eigenvalue weighted by Crippen LogP contribution is -2.06. The van der Waals surface area contributed by atoms with Crippen LogP contribution in [0.2, 0.25) is 0 Å². The van der Waals surface area contributed by atoms with E-state index in [0.717, 1.165) is 6.42 Å². The highest BCUT2D eigenvalue weighted by Gasteiger charge is 2.53. The van der Waals surface area contributed by atoms with Crippen LogP contribution in [0.25, 0.3) is 0 Å². The number of allylic oxidation sites excluding steroid dienone is 4. The van der Waals surface area contributed by atoms with Crippen LogP contribution >= 0.6 is 0 Å². The fraction of sp³-hybridized carbons (Fsp3) is 0.636. The van der Waals surface area contributed by atoms with Crippen LogP contribution in [0.15, 0.2) is 24.3 Å². The van der Waals surface area contributed by atoms with E-state index in [9.17, 15) is 0 Å². The Morgan fingerprint density at radius 3 is 2.25 bits per heavy atom. The number of aliphatic hydroxyl groups is 1. The lowest BCUT2D eigenvalue weighted by Gasteiger charge is -2.15. The van der Waals surface area contributed by atoms with E-state index in [2.05, 4.69) is 24.3 Å². The number of hydrogen-bond acceptors (Lipinski definition) is 1.